The van der Waals surface area contributed by atoms with E-state index in [4.69, 9.17) is 28.9 Å². The Hall–Kier alpha value is -0.480. The summed E-state index contributed by atoms with van der Waals surface area (Å²) >= 11 is 11.9. The molecule has 6 heteroatoms. The Morgan fingerprint density at radius 2 is 1.90 bits per heavy atom. The lowest BCUT2D eigenvalue weighted by molar-refractivity contribution is 0.0605. The van der Waals surface area contributed by atoms with E-state index >= 15 is 0 Å². The fourth-order valence-electron chi connectivity index (χ4n) is 2.60. The number of halogens is 3. The van der Waals surface area contributed by atoms with E-state index in [-0.39, 0.29) is 24.4 Å². The Morgan fingerprint density at radius 1 is 1.25 bits per heavy atom. The largest absolute Gasteiger partial charge is 0.336 e. The first-order valence-corrected chi connectivity index (χ1v) is 7.34. The number of rotatable bonds is 3. The van der Waals surface area contributed by atoms with Gasteiger partial charge in [0.15, 0.2) is 0 Å². The lowest BCUT2D eigenvalue weighted by Gasteiger charge is -2.35. The van der Waals surface area contributed by atoms with Gasteiger partial charge in [-0.15, -0.1) is 12.4 Å². The van der Waals surface area contributed by atoms with Crippen molar-refractivity contribution in [1.29, 1.82) is 0 Å². The van der Waals surface area contributed by atoms with Crippen molar-refractivity contribution in [2.45, 2.75) is 31.7 Å². The topological polar surface area (TPSA) is 46.3 Å². The number of amides is 1. The van der Waals surface area contributed by atoms with Crippen molar-refractivity contribution in [3.05, 3.63) is 33.8 Å². The van der Waals surface area contributed by atoms with Crippen molar-refractivity contribution < 1.29 is 4.79 Å². The molecule has 1 aromatic carbocycles. The average Bonchev–Trinajstić information content (AvgIpc) is 2.38. The number of nitrogens with two attached hydrogens (primary N) is 1. The molecule has 0 aliphatic carbocycles. The van der Waals surface area contributed by atoms with Crippen LogP contribution < -0.4 is 5.73 Å². The van der Waals surface area contributed by atoms with E-state index in [1.54, 1.807) is 18.2 Å². The van der Waals surface area contributed by atoms with Crippen molar-refractivity contribution in [1.82, 2.24) is 4.90 Å². The van der Waals surface area contributed by atoms with Crippen LogP contribution >= 0.6 is 35.6 Å². The number of hydrogen-bond donors (Lipinski definition) is 1. The van der Waals surface area contributed by atoms with Gasteiger partial charge in [-0.1, -0.05) is 23.2 Å². The van der Waals surface area contributed by atoms with Gasteiger partial charge in [0.1, 0.15) is 0 Å². The molecule has 1 atom stereocenters. The molecule has 1 unspecified atom stereocenters. The van der Waals surface area contributed by atoms with Crippen LogP contribution in [0.4, 0.5) is 0 Å². The summed E-state index contributed by atoms with van der Waals surface area (Å²) in [4.78, 5) is 14.5. The first kappa shape index (κ1) is 17.6. The van der Waals surface area contributed by atoms with Crippen LogP contribution in [0, 0.1) is 0 Å². The van der Waals surface area contributed by atoms with E-state index in [2.05, 4.69) is 0 Å². The normalized spacial score (nSPS) is 18.6. The molecule has 0 radical (unpaired) electrons. The van der Waals surface area contributed by atoms with Gasteiger partial charge in [-0.05, 0) is 50.4 Å². The maximum absolute atomic E-state index is 12.6. The van der Waals surface area contributed by atoms with Crippen LogP contribution in [0.2, 0.25) is 10.0 Å². The van der Waals surface area contributed by atoms with Crippen molar-refractivity contribution in [3.63, 3.8) is 0 Å². The Kier molecular flexibility index (Phi) is 7.10. The third-order valence-corrected chi connectivity index (χ3v) is 3.93. The quantitative estimate of drug-likeness (QED) is 0.913. The zero-order valence-corrected chi connectivity index (χ0v) is 13.5. The summed E-state index contributed by atoms with van der Waals surface area (Å²) in [5.74, 6) is 0.00236. The van der Waals surface area contributed by atoms with Gasteiger partial charge < -0.3 is 10.6 Å². The highest BCUT2D eigenvalue weighted by Crippen LogP contribution is 2.25. The second kappa shape index (κ2) is 8.08. The number of carbonyl (C=O) groups is 1. The van der Waals surface area contributed by atoms with Crippen LogP contribution in [0.25, 0.3) is 0 Å². The molecule has 0 spiro atoms. The second-order valence-corrected chi connectivity index (χ2v) is 5.76. The van der Waals surface area contributed by atoms with Crippen molar-refractivity contribution >= 4 is 41.5 Å². The fourth-order valence-corrected chi connectivity index (χ4v) is 3.13. The molecular formula is C14H19Cl3N2O. The molecule has 2 rings (SSSR count). The fraction of sp³-hybridized carbons (Fsp3) is 0.500. The molecule has 1 aromatic rings. The van der Waals surface area contributed by atoms with Gasteiger partial charge in [0.05, 0.1) is 0 Å². The van der Waals surface area contributed by atoms with Crippen LogP contribution in [-0.4, -0.2) is 29.9 Å². The molecule has 1 fully saturated rings. The molecule has 1 heterocycles. The highest BCUT2D eigenvalue weighted by atomic mass is 35.5. The van der Waals surface area contributed by atoms with Crippen molar-refractivity contribution in [2.24, 2.45) is 5.73 Å². The third-order valence-electron chi connectivity index (χ3n) is 3.50. The van der Waals surface area contributed by atoms with E-state index < -0.39 is 0 Å². The van der Waals surface area contributed by atoms with Crippen LogP contribution in [0.15, 0.2) is 18.2 Å². The van der Waals surface area contributed by atoms with Gasteiger partial charge in [-0.2, -0.15) is 0 Å². The monoisotopic (exact) mass is 336 g/mol. The lowest BCUT2D eigenvalue weighted by Crippen LogP contribution is -2.44. The first-order valence-electron chi connectivity index (χ1n) is 6.59. The van der Waals surface area contributed by atoms with E-state index in [0.29, 0.717) is 22.2 Å². The molecule has 112 valence electrons. The van der Waals surface area contributed by atoms with Gasteiger partial charge in [-0.3, -0.25) is 4.79 Å². The number of carbonyl (C=O) groups excluding carboxylic acids is 1. The summed E-state index contributed by atoms with van der Waals surface area (Å²) in [6.07, 6.45) is 4.07. The summed E-state index contributed by atoms with van der Waals surface area (Å²) in [5, 5.41) is 0.978. The van der Waals surface area contributed by atoms with Crippen LogP contribution in [-0.2, 0) is 0 Å². The van der Waals surface area contributed by atoms with Gasteiger partial charge in [0.25, 0.3) is 5.91 Å². The molecule has 2 N–H and O–H groups in total. The Balaban J connectivity index is 0.00000200. The summed E-state index contributed by atoms with van der Waals surface area (Å²) < 4.78 is 0. The number of likely N-dealkylation sites (tertiary alicyclic amines) is 1. The Labute approximate surface area is 135 Å². The summed E-state index contributed by atoms with van der Waals surface area (Å²) in [7, 11) is 0. The van der Waals surface area contributed by atoms with E-state index in [1.807, 2.05) is 4.90 Å². The Bertz CT molecular complexity index is 445. The smallest absolute Gasteiger partial charge is 0.254 e. The molecule has 0 saturated carbocycles. The molecule has 0 bridgehead atoms. The van der Waals surface area contributed by atoms with Gasteiger partial charge in [0.2, 0.25) is 0 Å². The average molecular weight is 338 g/mol. The highest BCUT2D eigenvalue weighted by Gasteiger charge is 2.27. The molecular weight excluding hydrogens is 319 g/mol. The molecule has 3 nitrogen and oxygen atoms in total. The van der Waals surface area contributed by atoms with Gasteiger partial charge in [-0.25, -0.2) is 0 Å². The molecule has 0 aromatic heterocycles. The van der Waals surface area contributed by atoms with Crippen molar-refractivity contribution in [3.8, 4) is 0 Å². The second-order valence-electron chi connectivity index (χ2n) is 4.88. The van der Waals surface area contributed by atoms with Gasteiger partial charge in [0, 0.05) is 28.2 Å². The number of piperidine rings is 1. The highest BCUT2D eigenvalue weighted by molar-refractivity contribution is 6.35. The number of benzene rings is 1. The molecule has 1 aliphatic heterocycles. The zero-order valence-electron chi connectivity index (χ0n) is 11.1. The SMILES string of the molecule is Cl.NCCC1CCCCN1C(=O)c1cc(Cl)cc(Cl)c1. The molecule has 1 amide bonds. The lowest BCUT2D eigenvalue weighted by atomic mass is 9.98. The van der Waals surface area contributed by atoms with Crippen LogP contribution in [0.3, 0.4) is 0 Å². The minimum absolute atomic E-state index is 0. The minimum Gasteiger partial charge on any atom is -0.336 e. The maximum Gasteiger partial charge on any atom is 0.254 e. The molecule has 1 saturated heterocycles. The molecule has 20 heavy (non-hydrogen) atoms. The van der Waals surface area contributed by atoms with E-state index in [9.17, 15) is 4.79 Å². The third kappa shape index (κ3) is 4.26. The van der Waals surface area contributed by atoms with Crippen molar-refractivity contribution in [2.75, 3.05) is 13.1 Å². The van der Waals surface area contributed by atoms with E-state index in [1.165, 1.54) is 0 Å². The maximum atomic E-state index is 12.6. The number of hydrogen-bond acceptors (Lipinski definition) is 2. The minimum atomic E-state index is 0. The number of nitrogens with zero attached hydrogens (tertiary/aromatic N) is 1. The predicted octanol–water partition coefficient (Wildman–Crippen LogP) is 3.76. The summed E-state index contributed by atoms with van der Waals surface area (Å²) in [6, 6.07) is 5.21. The summed E-state index contributed by atoms with van der Waals surface area (Å²) in [6.45, 7) is 1.39. The van der Waals surface area contributed by atoms with Crippen LogP contribution in [0.1, 0.15) is 36.0 Å². The van der Waals surface area contributed by atoms with E-state index in [0.717, 1.165) is 32.2 Å². The molecule has 1 aliphatic rings. The van der Waals surface area contributed by atoms with Crippen LogP contribution in [0.5, 0.6) is 0 Å². The first-order chi connectivity index (χ1) is 9.11. The van der Waals surface area contributed by atoms with Gasteiger partial charge >= 0.3 is 0 Å². The predicted molar refractivity (Wildman–Crippen MR) is 86.1 cm³/mol. The Morgan fingerprint density at radius 3 is 2.50 bits per heavy atom. The standard InChI is InChI=1S/C14H18Cl2N2O.ClH/c15-11-7-10(8-12(16)9-11)14(19)18-6-2-1-3-13(18)4-5-17;/h7-9,13H,1-6,17H2;1H. The summed E-state index contributed by atoms with van der Waals surface area (Å²) in [5.41, 5.74) is 6.19. The zero-order chi connectivity index (χ0) is 13.8.